The lowest BCUT2D eigenvalue weighted by molar-refractivity contribution is -0.384. The summed E-state index contributed by atoms with van der Waals surface area (Å²) in [6, 6.07) is 4.46. The van der Waals surface area contributed by atoms with E-state index in [1.165, 1.54) is 17.0 Å². The molecule has 1 aromatic rings. The molecule has 0 aliphatic heterocycles. The van der Waals surface area contributed by atoms with Crippen molar-refractivity contribution in [3.05, 3.63) is 33.9 Å². The monoisotopic (exact) mass is 237 g/mol. The van der Waals surface area contributed by atoms with Crippen LogP contribution in [0.25, 0.3) is 0 Å². The minimum absolute atomic E-state index is 0.0946. The number of para-hydroxylation sites is 1. The Kier molecular flexibility index (Phi) is 4.03. The van der Waals surface area contributed by atoms with E-state index in [1.807, 2.05) is 6.92 Å². The molecule has 0 aliphatic rings. The van der Waals surface area contributed by atoms with Gasteiger partial charge in [-0.2, -0.15) is 0 Å². The van der Waals surface area contributed by atoms with Crippen LogP contribution < -0.4 is 5.32 Å². The van der Waals surface area contributed by atoms with E-state index in [-0.39, 0.29) is 17.3 Å². The van der Waals surface area contributed by atoms with Crippen LogP contribution in [0, 0.1) is 10.1 Å². The third-order valence-corrected chi connectivity index (χ3v) is 2.54. The van der Waals surface area contributed by atoms with Crippen molar-refractivity contribution in [1.82, 2.24) is 4.90 Å². The highest BCUT2D eigenvalue weighted by Gasteiger charge is 2.21. The molecule has 1 N–H and O–H groups in total. The predicted molar refractivity (Wildman–Crippen MR) is 65.3 cm³/mol. The van der Waals surface area contributed by atoms with E-state index in [0.717, 1.165) is 0 Å². The molecule has 1 rings (SSSR count). The smallest absolute Gasteiger partial charge is 0.293 e. The molecule has 17 heavy (non-hydrogen) atoms. The van der Waals surface area contributed by atoms with E-state index in [9.17, 15) is 14.9 Å². The van der Waals surface area contributed by atoms with Crippen LogP contribution in [-0.4, -0.2) is 36.4 Å². The fourth-order valence-corrected chi connectivity index (χ4v) is 1.48. The summed E-state index contributed by atoms with van der Waals surface area (Å²) in [5.74, 6) is -0.236. The summed E-state index contributed by atoms with van der Waals surface area (Å²) in [6.07, 6.45) is 0. The van der Waals surface area contributed by atoms with Crippen molar-refractivity contribution in [2.75, 3.05) is 26.0 Å². The molecule has 0 radical (unpaired) electrons. The van der Waals surface area contributed by atoms with Gasteiger partial charge in [0.05, 0.1) is 10.5 Å². The average molecular weight is 237 g/mol. The van der Waals surface area contributed by atoms with Crippen LogP contribution in [0.3, 0.4) is 0 Å². The number of hydrogen-bond acceptors (Lipinski definition) is 4. The van der Waals surface area contributed by atoms with Gasteiger partial charge in [-0.05, 0) is 13.0 Å². The van der Waals surface area contributed by atoms with E-state index >= 15 is 0 Å². The molecule has 92 valence electrons. The lowest BCUT2D eigenvalue weighted by Crippen LogP contribution is -2.27. The van der Waals surface area contributed by atoms with Gasteiger partial charge in [-0.15, -0.1) is 0 Å². The minimum Gasteiger partial charge on any atom is -0.382 e. The molecule has 6 heteroatoms. The van der Waals surface area contributed by atoms with Crippen molar-refractivity contribution in [3.8, 4) is 0 Å². The van der Waals surface area contributed by atoms with Gasteiger partial charge in [-0.3, -0.25) is 14.9 Å². The van der Waals surface area contributed by atoms with E-state index < -0.39 is 4.92 Å². The van der Waals surface area contributed by atoms with Crippen molar-refractivity contribution in [2.45, 2.75) is 6.92 Å². The summed E-state index contributed by atoms with van der Waals surface area (Å²) in [7, 11) is 3.21. The molecule has 0 unspecified atom stereocenters. The fraction of sp³-hybridized carbons (Fsp3) is 0.364. The lowest BCUT2D eigenvalue weighted by Gasteiger charge is -2.16. The van der Waals surface area contributed by atoms with Crippen molar-refractivity contribution < 1.29 is 9.72 Å². The van der Waals surface area contributed by atoms with Crippen LogP contribution in [-0.2, 0) is 0 Å². The quantitative estimate of drug-likeness (QED) is 0.639. The molecule has 0 atom stereocenters. The number of nitrogens with zero attached hydrogens (tertiary/aromatic N) is 2. The first kappa shape index (κ1) is 13.0. The van der Waals surface area contributed by atoms with Gasteiger partial charge in [0, 0.05) is 26.7 Å². The number of anilines is 1. The maximum atomic E-state index is 12.0. The number of carbonyl (C=O) groups is 1. The molecule has 6 nitrogen and oxygen atoms in total. The first-order chi connectivity index (χ1) is 8.02. The van der Waals surface area contributed by atoms with Crippen LogP contribution in [0.2, 0.25) is 0 Å². The zero-order valence-corrected chi connectivity index (χ0v) is 10.1. The van der Waals surface area contributed by atoms with E-state index in [2.05, 4.69) is 5.32 Å². The molecular weight excluding hydrogens is 222 g/mol. The van der Waals surface area contributed by atoms with Gasteiger partial charge >= 0.3 is 0 Å². The number of nitrogens with one attached hydrogen (secondary N) is 1. The molecule has 0 saturated carbocycles. The summed E-state index contributed by atoms with van der Waals surface area (Å²) < 4.78 is 0. The third kappa shape index (κ3) is 2.52. The minimum atomic E-state index is -0.505. The van der Waals surface area contributed by atoms with Crippen molar-refractivity contribution in [1.29, 1.82) is 0 Å². The number of nitro benzene ring substituents is 1. The zero-order valence-electron chi connectivity index (χ0n) is 10.1. The molecule has 0 aliphatic carbocycles. The van der Waals surface area contributed by atoms with E-state index in [1.54, 1.807) is 20.2 Å². The third-order valence-electron chi connectivity index (χ3n) is 2.54. The Morgan fingerprint density at radius 2 is 2.18 bits per heavy atom. The zero-order chi connectivity index (χ0) is 13.0. The molecule has 0 saturated heterocycles. The van der Waals surface area contributed by atoms with Crippen molar-refractivity contribution >= 4 is 17.3 Å². The Balaban J connectivity index is 3.29. The Labute approximate surface area is 99.4 Å². The summed E-state index contributed by atoms with van der Waals surface area (Å²) >= 11 is 0. The molecule has 0 aromatic heterocycles. The molecule has 0 bridgehead atoms. The first-order valence-corrected chi connectivity index (χ1v) is 5.23. The van der Waals surface area contributed by atoms with Gasteiger partial charge in [0.2, 0.25) is 0 Å². The average Bonchev–Trinajstić information content (AvgIpc) is 2.35. The Hall–Kier alpha value is -2.11. The number of carbonyl (C=O) groups excluding carboxylic acids is 1. The van der Waals surface area contributed by atoms with Crippen LogP contribution >= 0.6 is 0 Å². The van der Waals surface area contributed by atoms with E-state index in [0.29, 0.717) is 12.1 Å². The Morgan fingerprint density at radius 3 is 2.65 bits per heavy atom. The van der Waals surface area contributed by atoms with Crippen molar-refractivity contribution in [2.24, 2.45) is 0 Å². The highest BCUT2D eigenvalue weighted by atomic mass is 16.6. The lowest BCUT2D eigenvalue weighted by atomic mass is 10.1. The number of hydrogen-bond donors (Lipinski definition) is 1. The second-order valence-electron chi connectivity index (χ2n) is 3.53. The molecule has 0 spiro atoms. The number of nitro groups is 1. The predicted octanol–water partition coefficient (Wildman–Crippen LogP) is 1.73. The molecule has 0 fully saturated rings. The normalized spacial score (nSPS) is 9.82. The fourth-order valence-electron chi connectivity index (χ4n) is 1.48. The summed E-state index contributed by atoms with van der Waals surface area (Å²) in [5.41, 5.74) is 0.469. The van der Waals surface area contributed by atoms with Crippen LogP contribution in [0.15, 0.2) is 18.2 Å². The summed E-state index contributed by atoms with van der Waals surface area (Å²) in [4.78, 5) is 23.8. The van der Waals surface area contributed by atoms with E-state index in [4.69, 9.17) is 0 Å². The van der Waals surface area contributed by atoms with Crippen LogP contribution in [0.1, 0.15) is 17.3 Å². The first-order valence-electron chi connectivity index (χ1n) is 5.23. The largest absolute Gasteiger partial charge is 0.382 e. The second kappa shape index (κ2) is 5.29. The summed E-state index contributed by atoms with van der Waals surface area (Å²) in [5, 5.41) is 13.6. The molecule has 1 aromatic carbocycles. The Morgan fingerprint density at radius 1 is 1.53 bits per heavy atom. The molecule has 0 heterocycles. The van der Waals surface area contributed by atoms with Gasteiger partial charge in [0.15, 0.2) is 0 Å². The molecular formula is C11H15N3O3. The highest BCUT2D eigenvalue weighted by Crippen LogP contribution is 2.28. The van der Waals surface area contributed by atoms with Crippen molar-refractivity contribution in [3.63, 3.8) is 0 Å². The summed E-state index contributed by atoms with van der Waals surface area (Å²) in [6.45, 7) is 2.39. The molecule has 1 amide bonds. The van der Waals surface area contributed by atoms with Gasteiger partial charge in [-0.25, -0.2) is 0 Å². The van der Waals surface area contributed by atoms with Crippen LogP contribution in [0.5, 0.6) is 0 Å². The standard InChI is InChI=1S/C11H15N3O3/c1-4-13(3)11(15)8-6-5-7-9(14(16)17)10(8)12-2/h5-7,12H,4H2,1-3H3. The number of amides is 1. The van der Waals surface area contributed by atoms with Crippen LogP contribution in [0.4, 0.5) is 11.4 Å². The second-order valence-corrected chi connectivity index (χ2v) is 3.53. The van der Waals surface area contributed by atoms with Gasteiger partial charge < -0.3 is 10.2 Å². The number of benzene rings is 1. The maximum Gasteiger partial charge on any atom is 0.293 e. The number of rotatable bonds is 4. The van der Waals surface area contributed by atoms with Gasteiger partial charge in [0.25, 0.3) is 11.6 Å². The van der Waals surface area contributed by atoms with Gasteiger partial charge in [0.1, 0.15) is 5.69 Å². The Bertz CT molecular complexity index is 446. The topological polar surface area (TPSA) is 75.5 Å². The highest BCUT2D eigenvalue weighted by molar-refractivity contribution is 6.01. The van der Waals surface area contributed by atoms with Gasteiger partial charge in [-0.1, -0.05) is 6.07 Å². The SMILES string of the molecule is CCN(C)C(=O)c1cccc([N+](=O)[O-])c1NC. The maximum absolute atomic E-state index is 12.0.